The lowest BCUT2D eigenvalue weighted by Gasteiger charge is -2.08. The van der Waals surface area contributed by atoms with Crippen molar-refractivity contribution in [2.75, 3.05) is 12.9 Å². The smallest absolute Gasteiger partial charge is 0.173 e. The summed E-state index contributed by atoms with van der Waals surface area (Å²) >= 11 is 1.51. The Kier molecular flexibility index (Phi) is 6.34. The molecule has 132 valence electrons. The lowest BCUT2D eigenvalue weighted by atomic mass is 10.1. The number of ketones is 1. The number of thioether (sulfide) groups is 1. The van der Waals surface area contributed by atoms with E-state index < -0.39 is 0 Å². The van der Waals surface area contributed by atoms with Crippen LogP contribution in [0.5, 0.6) is 11.5 Å². The molecule has 0 aliphatic heterocycles. The van der Waals surface area contributed by atoms with Crippen molar-refractivity contribution in [3.05, 3.63) is 90.0 Å². The van der Waals surface area contributed by atoms with Crippen molar-refractivity contribution in [2.45, 2.75) is 11.5 Å². The number of benzene rings is 3. The number of carbonyl (C=O) groups excluding carboxylic acids is 1. The van der Waals surface area contributed by atoms with Gasteiger partial charge in [-0.1, -0.05) is 36.4 Å². The third kappa shape index (κ3) is 5.14. The van der Waals surface area contributed by atoms with Crippen molar-refractivity contribution in [3.8, 4) is 11.5 Å². The molecule has 3 aromatic carbocycles. The minimum absolute atomic E-state index is 0.0910. The summed E-state index contributed by atoms with van der Waals surface area (Å²) in [5.41, 5.74) is 1.81. The highest BCUT2D eigenvalue weighted by molar-refractivity contribution is 8.00. The second-order valence-corrected chi connectivity index (χ2v) is 6.74. The van der Waals surface area contributed by atoms with Crippen molar-refractivity contribution in [3.63, 3.8) is 0 Å². The SMILES string of the molecule is COc1ccc(C(=O)CSc2cccc(OCc3ccccc3)c2)cc1. The van der Waals surface area contributed by atoms with Gasteiger partial charge in [0.15, 0.2) is 5.78 Å². The highest BCUT2D eigenvalue weighted by atomic mass is 32.2. The molecule has 3 rings (SSSR count). The molecular formula is C22H20O3S. The highest BCUT2D eigenvalue weighted by Crippen LogP contribution is 2.24. The second kappa shape index (κ2) is 9.11. The molecule has 26 heavy (non-hydrogen) atoms. The molecular weight excluding hydrogens is 344 g/mol. The molecule has 0 aliphatic rings. The Bertz CT molecular complexity index is 845. The van der Waals surface area contributed by atoms with Crippen LogP contribution in [0.3, 0.4) is 0 Å². The average Bonchev–Trinajstić information content (AvgIpc) is 2.71. The molecule has 4 heteroatoms. The Labute approximate surface area is 158 Å². The lowest BCUT2D eigenvalue weighted by Crippen LogP contribution is -2.02. The maximum absolute atomic E-state index is 12.3. The third-order valence-electron chi connectivity index (χ3n) is 3.84. The van der Waals surface area contributed by atoms with Gasteiger partial charge >= 0.3 is 0 Å². The third-order valence-corrected chi connectivity index (χ3v) is 4.83. The van der Waals surface area contributed by atoms with Crippen LogP contribution in [-0.4, -0.2) is 18.6 Å². The number of methoxy groups -OCH3 is 1. The summed E-state index contributed by atoms with van der Waals surface area (Å²) in [5, 5.41) is 0. The van der Waals surface area contributed by atoms with Crippen molar-refractivity contribution < 1.29 is 14.3 Å². The van der Waals surface area contributed by atoms with Crippen LogP contribution in [0.25, 0.3) is 0 Å². The fourth-order valence-electron chi connectivity index (χ4n) is 2.40. The number of rotatable bonds is 8. The standard InChI is InChI=1S/C22H20O3S/c1-24-19-12-10-18(11-13-19)22(23)16-26-21-9-5-8-20(14-21)25-15-17-6-3-2-4-7-17/h2-14H,15-16H2,1H3. The first-order valence-electron chi connectivity index (χ1n) is 8.31. The van der Waals surface area contributed by atoms with Gasteiger partial charge in [-0.05, 0) is 48.0 Å². The molecule has 0 spiro atoms. The Morgan fingerprint density at radius 1 is 0.885 bits per heavy atom. The van der Waals surface area contributed by atoms with Crippen molar-refractivity contribution in [1.29, 1.82) is 0 Å². The van der Waals surface area contributed by atoms with Gasteiger partial charge in [0.1, 0.15) is 18.1 Å². The zero-order valence-electron chi connectivity index (χ0n) is 14.6. The van der Waals surface area contributed by atoms with Crippen LogP contribution in [0.4, 0.5) is 0 Å². The molecule has 0 aromatic heterocycles. The van der Waals surface area contributed by atoms with Crippen LogP contribution in [0.1, 0.15) is 15.9 Å². The summed E-state index contributed by atoms with van der Waals surface area (Å²) in [5.74, 6) is 2.02. The Morgan fingerprint density at radius 2 is 1.65 bits per heavy atom. The van der Waals surface area contributed by atoms with Crippen LogP contribution in [0.15, 0.2) is 83.8 Å². The van der Waals surface area contributed by atoms with Gasteiger partial charge in [0.25, 0.3) is 0 Å². The summed E-state index contributed by atoms with van der Waals surface area (Å²) in [6.45, 7) is 0.528. The maximum Gasteiger partial charge on any atom is 0.173 e. The van der Waals surface area contributed by atoms with Gasteiger partial charge in [-0.2, -0.15) is 0 Å². The molecule has 0 fully saturated rings. The maximum atomic E-state index is 12.3. The molecule has 0 amide bonds. The van der Waals surface area contributed by atoms with Gasteiger partial charge in [0, 0.05) is 10.5 Å². The van der Waals surface area contributed by atoms with Gasteiger partial charge in [-0.25, -0.2) is 0 Å². The zero-order chi connectivity index (χ0) is 18.2. The largest absolute Gasteiger partial charge is 0.497 e. The summed E-state index contributed by atoms with van der Waals surface area (Å²) in [4.78, 5) is 13.3. The molecule has 0 N–H and O–H groups in total. The van der Waals surface area contributed by atoms with E-state index in [4.69, 9.17) is 9.47 Å². The van der Waals surface area contributed by atoms with E-state index in [1.165, 1.54) is 11.8 Å². The number of hydrogen-bond acceptors (Lipinski definition) is 4. The molecule has 3 nitrogen and oxygen atoms in total. The molecule has 0 saturated carbocycles. The number of Topliss-reactive ketones (excluding diaryl/α,β-unsaturated/α-hetero) is 1. The van der Waals surface area contributed by atoms with Crippen LogP contribution in [0.2, 0.25) is 0 Å². The van der Waals surface area contributed by atoms with Gasteiger partial charge in [-0.3, -0.25) is 4.79 Å². The molecule has 0 heterocycles. The van der Waals surface area contributed by atoms with Crippen LogP contribution < -0.4 is 9.47 Å². The van der Waals surface area contributed by atoms with Gasteiger partial charge in [-0.15, -0.1) is 11.8 Å². The average molecular weight is 364 g/mol. The van der Waals surface area contributed by atoms with Crippen molar-refractivity contribution in [2.24, 2.45) is 0 Å². The molecule has 0 bridgehead atoms. The first kappa shape index (κ1) is 18.1. The molecule has 0 saturated heterocycles. The summed E-state index contributed by atoms with van der Waals surface area (Å²) in [6, 6.07) is 25.1. The van der Waals surface area contributed by atoms with Crippen molar-refractivity contribution >= 4 is 17.5 Å². The quantitative estimate of drug-likeness (QED) is 0.404. The first-order chi connectivity index (χ1) is 12.7. The topological polar surface area (TPSA) is 35.5 Å². The monoisotopic (exact) mass is 364 g/mol. The lowest BCUT2D eigenvalue weighted by molar-refractivity contribution is 0.102. The predicted molar refractivity (Wildman–Crippen MR) is 105 cm³/mol. The van der Waals surface area contributed by atoms with E-state index in [2.05, 4.69) is 0 Å². The molecule has 3 aromatic rings. The minimum Gasteiger partial charge on any atom is -0.497 e. The van der Waals surface area contributed by atoms with Gasteiger partial charge in [0.2, 0.25) is 0 Å². The first-order valence-corrected chi connectivity index (χ1v) is 9.30. The van der Waals surface area contributed by atoms with Crippen LogP contribution >= 0.6 is 11.8 Å². The van der Waals surface area contributed by atoms with E-state index >= 15 is 0 Å². The van der Waals surface area contributed by atoms with Crippen molar-refractivity contribution in [1.82, 2.24) is 0 Å². The fourth-order valence-corrected chi connectivity index (χ4v) is 3.24. The van der Waals surface area contributed by atoms with E-state index in [0.29, 0.717) is 17.9 Å². The molecule has 0 aliphatic carbocycles. The summed E-state index contributed by atoms with van der Waals surface area (Å²) in [7, 11) is 1.61. The van der Waals surface area contributed by atoms with E-state index in [-0.39, 0.29) is 5.78 Å². The zero-order valence-corrected chi connectivity index (χ0v) is 15.4. The Balaban J connectivity index is 1.55. The van der Waals surface area contributed by atoms with Gasteiger partial charge < -0.3 is 9.47 Å². The summed E-state index contributed by atoms with van der Waals surface area (Å²) < 4.78 is 11.0. The molecule has 0 unspecified atom stereocenters. The Morgan fingerprint density at radius 3 is 2.38 bits per heavy atom. The molecule has 0 atom stereocenters. The van der Waals surface area contributed by atoms with E-state index in [9.17, 15) is 4.79 Å². The van der Waals surface area contributed by atoms with Crippen LogP contribution in [-0.2, 0) is 6.61 Å². The second-order valence-electron chi connectivity index (χ2n) is 5.69. The number of carbonyl (C=O) groups is 1. The normalized spacial score (nSPS) is 10.3. The minimum atomic E-state index is 0.0910. The Hall–Kier alpha value is -2.72. The summed E-state index contributed by atoms with van der Waals surface area (Å²) in [6.07, 6.45) is 0. The van der Waals surface area contributed by atoms with E-state index in [1.54, 1.807) is 31.4 Å². The van der Waals surface area contributed by atoms with Crippen LogP contribution in [0, 0.1) is 0 Å². The number of ether oxygens (including phenoxy) is 2. The highest BCUT2D eigenvalue weighted by Gasteiger charge is 2.07. The predicted octanol–water partition coefficient (Wildman–Crippen LogP) is 5.25. The molecule has 0 radical (unpaired) electrons. The number of hydrogen-bond donors (Lipinski definition) is 0. The van der Waals surface area contributed by atoms with Gasteiger partial charge in [0.05, 0.1) is 12.9 Å². The van der Waals surface area contributed by atoms with E-state index in [1.807, 2.05) is 54.6 Å². The van der Waals surface area contributed by atoms with E-state index in [0.717, 1.165) is 22.0 Å². The fraction of sp³-hybridized carbons (Fsp3) is 0.136.